The van der Waals surface area contributed by atoms with Gasteiger partial charge >= 0.3 is 5.97 Å². The molecule has 120 valence electrons. The fourth-order valence-electron chi connectivity index (χ4n) is 2.51. The fourth-order valence-corrected chi connectivity index (χ4v) is 2.51. The summed E-state index contributed by atoms with van der Waals surface area (Å²) in [5.41, 5.74) is 0.616. The molecular formula is C16H21NO5. The molecule has 6 heteroatoms. The van der Waals surface area contributed by atoms with Crippen molar-refractivity contribution in [3.05, 3.63) is 24.3 Å². The molecule has 1 amide bonds. The first-order chi connectivity index (χ1) is 10.6. The Kier molecular flexibility index (Phi) is 5.77. The summed E-state index contributed by atoms with van der Waals surface area (Å²) in [5, 5.41) is 12.0. The number of anilines is 1. The number of aliphatic carboxylic acids is 1. The molecule has 1 aliphatic heterocycles. The lowest BCUT2D eigenvalue weighted by Gasteiger charge is -2.18. The molecule has 6 nitrogen and oxygen atoms in total. The van der Waals surface area contributed by atoms with Gasteiger partial charge in [0.2, 0.25) is 5.91 Å². The van der Waals surface area contributed by atoms with Gasteiger partial charge in [-0.15, -0.1) is 0 Å². The van der Waals surface area contributed by atoms with E-state index in [1.165, 1.54) is 0 Å². The molecular weight excluding hydrogens is 286 g/mol. The summed E-state index contributed by atoms with van der Waals surface area (Å²) in [6, 6.07) is 6.97. The molecule has 1 saturated heterocycles. The summed E-state index contributed by atoms with van der Waals surface area (Å²) in [6.07, 6.45) is 1.07. The summed E-state index contributed by atoms with van der Waals surface area (Å²) >= 11 is 0. The van der Waals surface area contributed by atoms with Crippen molar-refractivity contribution in [2.24, 2.45) is 5.92 Å². The molecule has 1 aromatic carbocycles. The van der Waals surface area contributed by atoms with Crippen LogP contribution in [0.25, 0.3) is 0 Å². The molecule has 0 radical (unpaired) electrons. The van der Waals surface area contributed by atoms with Gasteiger partial charge in [-0.25, -0.2) is 0 Å². The normalized spacial score (nSPS) is 18.7. The van der Waals surface area contributed by atoms with Gasteiger partial charge in [0.05, 0.1) is 18.6 Å². The Hall–Kier alpha value is -2.08. The maximum absolute atomic E-state index is 12.0. The van der Waals surface area contributed by atoms with Crippen molar-refractivity contribution < 1.29 is 24.2 Å². The van der Waals surface area contributed by atoms with Crippen molar-refractivity contribution in [3.63, 3.8) is 0 Å². The number of hydrogen-bond acceptors (Lipinski definition) is 4. The van der Waals surface area contributed by atoms with E-state index >= 15 is 0 Å². The van der Waals surface area contributed by atoms with Crippen LogP contribution < -0.4 is 10.1 Å². The summed E-state index contributed by atoms with van der Waals surface area (Å²) in [6.45, 7) is 3.04. The number of amides is 1. The quantitative estimate of drug-likeness (QED) is 0.807. The van der Waals surface area contributed by atoms with E-state index in [2.05, 4.69) is 5.32 Å². The fraction of sp³-hybridized carbons (Fsp3) is 0.500. The van der Waals surface area contributed by atoms with E-state index in [0.29, 0.717) is 25.3 Å². The molecule has 2 unspecified atom stereocenters. The molecule has 0 aliphatic carbocycles. The smallest absolute Gasteiger partial charge is 0.309 e. The Morgan fingerprint density at radius 3 is 2.68 bits per heavy atom. The van der Waals surface area contributed by atoms with Gasteiger partial charge in [-0.3, -0.25) is 9.59 Å². The molecule has 1 fully saturated rings. The van der Waals surface area contributed by atoms with Crippen LogP contribution in [0.1, 0.15) is 26.2 Å². The van der Waals surface area contributed by atoms with Crippen LogP contribution in [0.2, 0.25) is 0 Å². The summed E-state index contributed by atoms with van der Waals surface area (Å²) < 4.78 is 10.7. The Morgan fingerprint density at radius 1 is 1.41 bits per heavy atom. The van der Waals surface area contributed by atoms with Crippen LogP contribution in [0, 0.1) is 5.92 Å². The topological polar surface area (TPSA) is 84.9 Å². The monoisotopic (exact) mass is 307 g/mol. The second kappa shape index (κ2) is 7.79. The van der Waals surface area contributed by atoms with Crippen LogP contribution in [-0.2, 0) is 14.3 Å². The van der Waals surface area contributed by atoms with E-state index in [1.807, 2.05) is 6.92 Å². The highest BCUT2D eigenvalue weighted by Gasteiger charge is 2.33. The van der Waals surface area contributed by atoms with E-state index in [0.717, 1.165) is 12.2 Å². The number of carboxylic acids is 1. The first-order valence-corrected chi connectivity index (χ1v) is 7.47. The van der Waals surface area contributed by atoms with Gasteiger partial charge in [0.1, 0.15) is 5.75 Å². The molecule has 1 heterocycles. The van der Waals surface area contributed by atoms with Crippen molar-refractivity contribution in [2.45, 2.75) is 32.3 Å². The van der Waals surface area contributed by atoms with Gasteiger partial charge in [-0.2, -0.15) is 0 Å². The van der Waals surface area contributed by atoms with Crippen LogP contribution in [0.3, 0.4) is 0 Å². The Balaban J connectivity index is 1.91. The molecule has 1 aromatic rings. The minimum Gasteiger partial charge on any atom is -0.494 e. The maximum Gasteiger partial charge on any atom is 0.309 e. The standard InChI is InChI=1S/C16H21NO5/c1-2-21-12-7-5-11(6-8-12)17-15(18)10-13(16(19)20)14-4-3-9-22-14/h5-8,13-14H,2-4,9-10H2,1H3,(H,17,18)(H,19,20). The third-order valence-corrected chi connectivity index (χ3v) is 3.59. The zero-order chi connectivity index (χ0) is 15.9. The highest BCUT2D eigenvalue weighted by Crippen LogP contribution is 2.24. The van der Waals surface area contributed by atoms with Crippen molar-refractivity contribution in [2.75, 3.05) is 18.5 Å². The van der Waals surface area contributed by atoms with Crippen LogP contribution in [0.4, 0.5) is 5.69 Å². The van der Waals surface area contributed by atoms with Gasteiger partial charge < -0.3 is 19.9 Å². The van der Waals surface area contributed by atoms with E-state index in [1.54, 1.807) is 24.3 Å². The molecule has 2 rings (SSSR count). The highest BCUT2D eigenvalue weighted by atomic mass is 16.5. The molecule has 0 spiro atoms. The SMILES string of the molecule is CCOc1ccc(NC(=O)CC(C(=O)O)C2CCCO2)cc1. The van der Waals surface area contributed by atoms with E-state index in [9.17, 15) is 14.7 Å². The van der Waals surface area contributed by atoms with Crippen LogP contribution in [0.15, 0.2) is 24.3 Å². The zero-order valence-corrected chi connectivity index (χ0v) is 12.6. The minimum absolute atomic E-state index is 0.0901. The number of rotatable bonds is 7. The predicted octanol–water partition coefficient (Wildman–Crippen LogP) is 2.29. The predicted molar refractivity (Wildman–Crippen MR) is 81.0 cm³/mol. The molecule has 0 aromatic heterocycles. The lowest BCUT2D eigenvalue weighted by molar-refractivity contribution is -0.148. The number of carbonyl (C=O) groups is 2. The minimum atomic E-state index is -0.992. The lowest BCUT2D eigenvalue weighted by Crippen LogP contribution is -2.31. The molecule has 22 heavy (non-hydrogen) atoms. The second-order valence-corrected chi connectivity index (χ2v) is 5.21. The number of hydrogen-bond donors (Lipinski definition) is 2. The highest BCUT2D eigenvalue weighted by molar-refractivity contribution is 5.93. The molecule has 1 aliphatic rings. The number of nitrogens with one attached hydrogen (secondary N) is 1. The summed E-state index contributed by atoms with van der Waals surface area (Å²) in [7, 11) is 0. The zero-order valence-electron chi connectivity index (χ0n) is 12.6. The van der Waals surface area contributed by atoms with E-state index in [4.69, 9.17) is 9.47 Å². The number of carbonyl (C=O) groups excluding carboxylic acids is 1. The summed E-state index contributed by atoms with van der Waals surface area (Å²) in [4.78, 5) is 23.3. The van der Waals surface area contributed by atoms with E-state index in [-0.39, 0.29) is 18.4 Å². The third-order valence-electron chi connectivity index (χ3n) is 3.59. The Bertz CT molecular complexity index is 508. The molecule has 2 atom stereocenters. The van der Waals surface area contributed by atoms with Crippen molar-refractivity contribution >= 4 is 17.6 Å². The third kappa shape index (κ3) is 4.46. The maximum atomic E-state index is 12.0. The summed E-state index contributed by atoms with van der Waals surface area (Å²) in [5.74, 6) is -1.39. The Morgan fingerprint density at radius 2 is 2.14 bits per heavy atom. The van der Waals surface area contributed by atoms with Gasteiger partial charge in [-0.1, -0.05) is 0 Å². The molecule has 0 bridgehead atoms. The van der Waals surface area contributed by atoms with Gasteiger partial charge in [-0.05, 0) is 44.0 Å². The van der Waals surface area contributed by atoms with E-state index < -0.39 is 11.9 Å². The van der Waals surface area contributed by atoms with Crippen LogP contribution in [0.5, 0.6) is 5.75 Å². The largest absolute Gasteiger partial charge is 0.494 e. The van der Waals surface area contributed by atoms with Crippen LogP contribution >= 0.6 is 0 Å². The van der Waals surface area contributed by atoms with Crippen molar-refractivity contribution in [1.82, 2.24) is 0 Å². The molecule has 0 saturated carbocycles. The molecule has 2 N–H and O–H groups in total. The Labute approximate surface area is 129 Å². The van der Waals surface area contributed by atoms with Crippen molar-refractivity contribution in [1.29, 1.82) is 0 Å². The van der Waals surface area contributed by atoms with Gasteiger partial charge in [0, 0.05) is 18.7 Å². The van der Waals surface area contributed by atoms with Gasteiger partial charge in [0.15, 0.2) is 0 Å². The number of carboxylic acid groups (broad SMARTS) is 1. The van der Waals surface area contributed by atoms with Gasteiger partial charge in [0.25, 0.3) is 0 Å². The first-order valence-electron chi connectivity index (χ1n) is 7.47. The van der Waals surface area contributed by atoms with Crippen molar-refractivity contribution in [3.8, 4) is 5.75 Å². The average Bonchev–Trinajstić information content (AvgIpc) is 3.01. The average molecular weight is 307 g/mol. The second-order valence-electron chi connectivity index (χ2n) is 5.21. The lowest BCUT2D eigenvalue weighted by atomic mass is 9.96. The first kappa shape index (κ1) is 16.3. The number of benzene rings is 1. The number of ether oxygens (including phenoxy) is 2. The van der Waals surface area contributed by atoms with Crippen LogP contribution in [-0.4, -0.2) is 36.3 Å².